The molecule has 0 spiro atoms. The first kappa shape index (κ1) is 15.9. The molecule has 2 aliphatic rings. The van der Waals surface area contributed by atoms with Crippen molar-refractivity contribution in [2.24, 2.45) is 10.9 Å². The highest BCUT2D eigenvalue weighted by Gasteiger charge is 2.34. The second kappa shape index (κ2) is 6.71. The first-order valence-corrected chi connectivity index (χ1v) is 8.70. The second-order valence-electron chi connectivity index (χ2n) is 6.59. The fourth-order valence-corrected chi connectivity index (χ4v) is 3.84. The molecule has 0 saturated heterocycles. The maximum atomic E-state index is 5.57. The number of ether oxygens (including phenoxy) is 2. The number of rotatable bonds is 4. The molecule has 1 fully saturated rings. The molecular weight excluding hydrogens is 312 g/mol. The van der Waals surface area contributed by atoms with Crippen molar-refractivity contribution in [1.82, 2.24) is 4.98 Å². The highest BCUT2D eigenvalue weighted by molar-refractivity contribution is 6.16. The second-order valence-corrected chi connectivity index (χ2v) is 6.59. The third-order valence-corrected chi connectivity index (χ3v) is 5.12. The number of aliphatic imine (C=N–C) groups is 1. The first-order chi connectivity index (χ1) is 12.3. The summed E-state index contributed by atoms with van der Waals surface area (Å²) in [7, 11) is 3.36. The van der Waals surface area contributed by atoms with E-state index in [-0.39, 0.29) is 0 Å². The van der Waals surface area contributed by atoms with Gasteiger partial charge in [0.05, 0.1) is 26.0 Å². The highest BCUT2D eigenvalue weighted by Crippen LogP contribution is 2.41. The van der Waals surface area contributed by atoms with Crippen molar-refractivity contribution in [2.75, 3.05) is 14.2 Å². The molecule has 1 aromatic carbocycles. The van der Waals surface area contributed by atoms with E-state index in [9.17, 15) is 0 Å². The highest BCUT2D eigenvalue weighted by atomic mass is 16.5. The fourth-order valence-electron chi connectivity index (χ4n) is 3.84. The van der Waals surface area contributed by atoms with Crippen LogP contribution in [0.5, 0.6) is 11.5 Å². The van der Waals surface area contributed by atoms with Gasteiger partial charge >= 0.3 is 0 Å². The maximum Gasteiger partial charge on any atom is 0.129 e. The summed E-state index contributed by atoms with van der Waals surface area (Å²) in [6, 6.07) is 10.5. The quantitative estimate of drug-likeness (QED) is 0.843. The average molecular weight is 334 g/mol. The number of nitrogens with zero attached hydrogens (tertiary/aromatic N) is 2. The van der Waals surface area contributed by atoms with E-state index in [0.717, 1.165) is 34.8 Å². The molecule has 1 aromatic heterocycles. The summed E-state index contributed by atoms with van der Waals surface area (Å²) in [6.07, 6.45) is 9.46. The minimum Gasteiger partial charge on any atom is -0.497 e. The van der Waals surface area contributed by atoms with Crippen molar-refractivity contribution in [2.45, 2.75) is 25.3 Å². The number of aromatic nitrogens is 1. The zero-order chi connectivity index (χ0) is 17.2. The number of methoxy groups -OCH3 is 2. The molecule has 1 unspecified atom stereocenters. The van der Waals surface area contributed by atoms with Gasteiger partial charge < -0.3 is 9.47 Å². The lowest BCUT2D eigenvalue weighted by Crippen LogP contribution is -2.20. The fraction of sp³-hybridized carbons (Fsp3) is 0.333. The SMILES string of the molecule is COc1ccc(/C=C2/C(c3cccnc3)=NC3CC[C@H]2C3)c(OC)c1. The molecule has 0 N–H and O–H groups in total. The minimum atomic E-state index is 0.454. The molecule has 0 amide bonds. The summed E-state index contributed by atoms with van der Waals surface area (Å²) in [6.45, 7) is 0. The molecule has 4 nitrogen and oxygen atoms in total. The Morgan fingerprint density at radius 3 is 2.80 bits per heavy atom. The van der Waals surface area contributed by atoms with Crippen LogP contribution in [0.2, 0.25) is 0 Å². The van der Waals surface area contributed by atoms with Gasteiger partial charge in [0.2, 0.25) is 0 Å². The van der Waals surface area contributed by atoms with Crippen LogP contribution in [0.3, 0.4) is 0 Å². The van der Waals surface area contributed by atoms with Gasteiger partial charge in [-0.3, -0.25) is 9.98 Å². The number of hydrogen-bond donors (Lipinski definition) is 0. The summed E-state index contributed by atoms with van der Waals surface area (Å²) in [4.78, 5) is 9.30. The first-order valence-electron chi connectivity index (χ1n) is 8.70. The Morgan fingerprint density at radius 2 is 2.04 bits per heavy atom. The van der Waals surface area contributed by atoms with E-state index < -0.39 is 0 Å². The summed E-state index contributed by atoms with van der Waals surface area (Å²) in [5, 5.41) is 0. The zero-order valence-corrected chi connectivity index (χ0v) is 14.6. The number of hydrogen-bond acceptors (Lipinski definition) is 4. The lowest BCUT2D eigenvalue weighted by atomic mass is 9.86. The van der Waals surface area contributed by atoms with Crippen molar-refractivity contribution in [3.05, 3.63) is 59.4 Å². The molecule has 4 rings (SSSR count). The van der Waals surface area contributed by atoms with Gasteiger partial charge in [0.1, 0.15) is 11.5 Å². The normalized spacial score (nSPS) is 23.4. The van der Waals surface area contributed by atoms with Gasteiger partial charge in [0.15, 0.2) is 0 Å². The topological polar surface area (TPSA) is 43.7 Å². The molecule has 128 valence electrons. The van der Waals surface area contributed by atoms with Crippen LogP contribution in [0.4, 0.5) is 0 Å². The minimum absolute atomic E-state index is 0.454. The third-order valence-electron chi connectivity index (χ3n) is 5.12. The van der Waals surface area contributed by atoms with Gasteiger partial charge in [0.25, 0.3) is 0 Å². The van der Waals surface area contributed by atoms with Gasteiger partial charge in [-0.05, 0) is 61.1 Å². The van der Waals surface area contributed by atoms with Crippen LogP contribution < -0.4 is 9.47 Å². The molecule has 4 heteroatoms. The van der Waals surface area contributed by atoms with E-state index in [0.29, 0.717) is 12.0 Å². The molecular formula is C21H22N2O2. The Hall–Kier alpha value is -2.62. The Balaban J connectivity index is 1.80. The molecule has 2 atom stereocenters. The summed E-state index contributed by atoms with van der Waals surface area (Å²) in [5.41, 5.74) is 4.54. The monoisotopic (exact) mass is 334 g/mol. The Bertz CT molecular complexity index is 827. The van der Waals surface area contributed by atoms with Crippen LogP contribution in [0, 0.1) is 5.92 Å². The zero-order valence-electron chi connectivity index (χ0n) is 14.6. The standard InChI is InChI=1S/C21H22N2O2/c1-24-18-8-6-15(20(12-18)25-2)11-19-14-5-7-17(10-14)23-21(19)16-4-3-9-22-13-16/h3-4,6,8-9,11-14,17H,5,7,10H2,1-2H3/b19-11+/t14-,17?/m0/s1. The molecule has 1 aliphatic carbocycles. The number of pyridine rings is 1. The van der Waals surface area contributed by atoms with Crippen LogP contribution in [0.1, 0.15) is 30.4 Å². The van der Waals surface area contributed by atoms with E-state index in [1.165, 1.54) is 18.4 Å². The molecule has 2 bridgehead atoms. The third kappa shape index (κ3) is 3.04. The van der Waals surface area contributed by atoms with Crippen LogP contribution in [0.15, 0.2) is 53.3 Å². The van der Waals surface area contributed by atoms with Crippen LogP contribution >= 0.6 is 0 Å². The largest absolute Gasteiger partial charge is 0.497 e. The van der Waals surface area contributed by atoms with Crippen molar-refractivity contribution in [3.63, 3.8) is 0 Å². The van der Waals surface area contributed by atoms with Gasteiger partial charge in [-0.1, -0.05) is 0 Å². The number of benzene rings is 1. The smallest absolute Gasteiger partial charge is 0.129 e. The maximum absolute atomic E-state index is 5.57. The van der Waals surface area contributed by atoms with Crippen LogP contribution in [-0.4, -0.2) is 31.0 Å². The van der Waals surface area contributed by atoms with Gasteiger partial charge in [-0.2, -0.15) is 0 Å². The Kier molecular flexibility index (Phi) is 4.26. The molecule has 1 aliphatic heterocycles. The van der Waals surface area contributed by atoms with Crippen LogP contribution in [0.25, 0.3) is 6.08 Å². The summed E-state index contributed by atoms with van der Waals surface area (Å²) < 4.78 is 10.9. The lowest BCUT2D eigenvalue weighted by molar-refractivity contribution is 0.393. The lowest BCUT2D eigenvalue weighted by Gasteiger charge is -2.23. The summed E-state index contributed by atoms with van der Waals surface area (Å²) in [5.74, 6) is 2.17. The van der Waals surface area contributed by atoms with Crippen molar-refractivity contribution < 1.29 is 9.47 Å². The van der Waals surface area contributed by atoms with Gasteiger partial charge in [0, 0.05) is 29.6 Å². The van der Waals surface area contributed by atoms with Crippen molar-refractivity contribution in [1.29, 1.82) is 0 Å². The molecule has 2 aromatic rings. The summed E-state index contributed by atoms with van der Waals surface area (Å²) >= 11 is 0. The van der Waals surface area contributed by atoms with E-state index in [2.05, 4.69) is 17.1 Å². The number of allylic oxidation sites excluding steroid dienone is 1. The van der Waals surface area contributed by atoms with Gasteiger partial charge in [-0.15, -0.1) is 0 Å². The predicted octanol–water partition coefficient (Wildman–Crippen LogP) is 4.15. The van der Waals surface area contributed by atoms with Crippen LogP contribution in [-0.2, 0) is 0 Å². The van der Waals surface area contributed by atoms with Crippen molar-refractivity contribution >= 4 is 11.8 Å². The molecule has 1 saturated carbocycles. The van der Waals surface area contributed by atoms with Gasteiger partial charge in [-0.25, -0.2) is 0 Å². The van der Waals surface area contributed by atoms with E-state index >= 15 is 0 Å². The number of fused-ring (bicyclic) bond motifs is 2. The molecule has 2 heterocycles. The Labute approximate surface area is 148 Å². The predicted molar refractivity (Wildman–Crippen MR) is 99.4 cm³/mol. The van der Waals surface area contributed by atoms with Crippen molar-refractivity contribution in [3.8, 4) is 11.5 Å². The van der Waals surface area contributed by atoms with E-state index in [1.807, 2.05) is 30.5 Å². The Morgan fingerprint density at radius 1 is 1.12 bits per heavy atom. The molecule has 25 heavy (non-hydrogen) atoms. The molecule has 0 radical (unpaired) electrons. The average Bonchev–Trinajstić information content (AvgIpc) is 3.07. The van der Waals surface area contributed by atoms with E-state index in [4.69, 9.17) is 14.5 Å². The van der Waals surface area contributed by atoms with E-state index in [1.54, 1.807) is 20.4 Å².